The Kier molecular flexibility index (Phi) is 7.24. The summed E-state index contributed by atoms with van der Waals surface area (Å²) in [5.74, 6) is 1.79. The molecule has 0 aliphatic carbocycles. The lowest BCUT2D eigenvalue weighted by Crippen LogP contribution is -2.29. The van der Waals surface area contributed by atoms with E-state index in [1.807, 2.05) is 30.3 Å². The summed E-state index contributed by atoms with van der Waals surface area (Å²) in [6.07, 6.45) is 0. The van der Waals surface area contributed by atoms with E-state index in [2.05, 4.69) is 15.7 Å². The van der Waals surface area contributed by atoms with E-state index in [1.54, 1.807) is 30.0 Å². The van der Waals surface area contributed by atoms with Gasteiger partial charge in [0.2, 0.25) is 5.91 Å². The van der Waals surface area contributed by atoms with E-state index in [0.29, 0.717) is 28.2 Å². The minimum absolute atomic E-state index is 0.00395. The van der Waals surface area contributed by atoms with Crippen LogP contribution in [0.5, 0.6) is 5.75 Å². The molecule has 0 spiro atoms. The summed E-state index contributed by atoms with van der Waals surface area (Å²) >= 11 is 13.7. The van der Waals surface area contributed by atoms with E-state index in [1.165, 1.54) is 4.68 Å². The van der Waals surface area contributed by atoms with Crippen molar-refractivity contribution in [1.29, 1.82) is 0 Å². The molecule has 0 unspecified atom stereocenters. The second-order valence-corrected chi connectivity index (χ2v) is 8.93. The number of fused-ring (bicyclic) bond motifs is 1. The molecule has 10 heteroatoms. The van der Waals surface area contributed by atoms with Gasteiger partial charge < -0.3 is 15.4 Å². The Labute approximate surface area is 199 Å². The first kappa shape index (κ1) is 22.5. The monoisotopic (exact) mass is 490 g/mol. The molecule has 166 valence electrons. The van der Waals surface area contributed by atoms with E-state index < -0.39 is 0 Å². The molecule has 0 bridgehead atoms. The van der Waals surface area contributed by atoms with Crippen molar-refractivity contribution in [2.24, 2.45) is 0 Å². The molecule has 1 aromatic heterocycles. The SMILES string of the molecule is O=C(Cn1nc2c(c1NC(=O)COc1ccc(Cl)cc1Cl)CSC2)NCc1ccccc1. The first-order valence-corrected chi connectivity index (χ1v) is 11.8. The largest absolute Gasteiger partial charge is 0.482 e. The van der Waals surface area contributed by atoms with Gasteiger partial charge >= 0.3 is 0 Å². The van der Waals surface area contributed by atoms with Crippen LogP contribution in [0.15, 0.2) is 48.5 Å². The normalized spacial score (nSPS) is 12.3. The molecule has 7 nitrogen and oxygen atoms in total. The summed E-state index contributed by atoms with van der Waals surface area (Å²) in [6.45, 7) is 0.187. The Bertz CT molecular complexity index is 1140. The van der Waals surface area contributed by atoms with E-state index in [-0.39, 0.29) is 25.0 Å². The number of amides is 2. The number of nitrogens with zero attached hydrogens (tertiary/aromatic N) is 2. The minimum atomic E-state index is -0.374. The smallest absolute Gasteiger partial charge is 0.263 e. The zero-order valence-electron chi connectivity index (χ0n) is 16.9. The van der Waals surface area contributed by atoms with Gasteiger partial charge in [-0.1, -0.05) is 53.5 Å². The Morgan fingerprint density at radius 3 is 2.69 bits per heavy atom. The lowest BCUT2D eigenvalue weighted by molar-refractivity contribution is -0.122. The predicted octanol–water partition coefficient (Wildman–Crippen LogP) is 4.27. The number of carbonyl (C=O) groups is 2. The van der Waals surface area contributed by atoms with Crippen LogP contribution in [-0.2, 0) is 34.2 Å². The number of anilines is 1. The molecule has 1 aliphatic heterocycles. The molecule has 0 atom stereocenters. The lowest BCUT2D eigenvalue weighted by atomic mass is 10.2. The van der Waals surface area contributed by atoms with Crippen molar-refractivity contribution in [3.8, 4) is 5.75 Å². The minimum Gasteiger partial charge on any atom is -0.482 e. The van der Waals surface area contributed by atoms with Gasteiger partial charge in [-0.05, 0) is 23.8 Å². The molecule has 2 aromatic carbocycles. The quantitative estimate of drug-likeness (QED) is 0.492. The van der Waals surface area contributed by atoms with E-state index in [0.717, 1.165) is 28.3 Å². The number of rotatable bonds is 8. The van der Waals surface area contributed by atoms with Gasteiger partial charge in [-0.2, -0.15) is 16.9 Å². The number of halogens is 2. The third kappa shape index (κ3) is 5.56. The molecule has 2 amide bonds. The first-order chi connectivity index (χ1) is 15.5. The van der Waals surface area contributed by atoms with E-state index in [9.17, 15) is 9.59 Å². The molecule has 32 heavy (non-hydrogen) atoms. The van der Waals surface area contributed by atoms with Crippen LogP contribution in [0.4, 0.5) is 5.82 Å². The molecule has 1 aliphatic rings. The van der Waals surface area contributed by atoms with Crippen LogP contribution in [-0.4, -0.2) is 28.2 Å². The zero-order chi connectivity index (χ0) is 22.5. The van der Waals surface area contributed by atoms with Crippen molar-refractivity contribution in [1.82, 2.24) is 15.1 Å². The third-order valence-electron chi connectivity index (χ3n) is 4.76. The van der Waals surface area contributed by atoms with Crippen LogP contribution < -0.4 is 15.4 Å². The average Bonchev–Trinajstić information content (AvgIpc) is 3.35. The standard InChI is InChI=1S/C22H20Cl2N4O3S/c23-15-6-7-19(17(24)8-15)31-11-21(30)26-22-16-12-32-13-18(16)27-28(22)10-20(29)25-9-14-4-2-1-3-5-14/h1-8H,9-13H2,(H,25,29)(H,26,30). The van der Waals surface area contributed by atoms with Gasteiger partial charge in [-0.3, -0.25) is 9.59 Å². The fourth-order valence-electron chi connectivity index (χ4n) is 3.21. The topological polar surface area (TPSA) is 85.2 Å². The highest BCUT2D eigenvalue weighted by Gasteiger charge is 2.25. The summed E-state index contributed by atoms with van der Waals surface area (Å²) in [5.41, 5.74) is 2.82. The summed E-state index contributed by atoms with van der Waals surface area (Å²) in [6, 6.07) is 14.4. The zero-order valence-corrected chi connectivity index (χ0v) is 19.3. The lowest BCUT2D eigenvalue weighted by Gasteiger charge is -2.12. The van der Waals surface area contributed by atoms with Crippen LogP contribution >= 0.6 is 35.0 Å². The molecule has 0 fully saturated rings. The maximum atomic E-state index is 12.6. The van der Waals surface area contributed by atoms with Gasteiger partial charge in [0.25, 0.3) is 5.91 Å². The number of benzene rings is 2. The maximum absolute atomic E-state index is 12.6. The number of ether oxygens (including phenoxy) is 1. The summed E-state index contributed by atoms with van der Waals surface area (Å²) in [7, 11) is 0. The number of aromatic nitrogens is 2. The molecule has 2 heterocycles. The predicted molar refractivity (Wildman–Crippen MR) is 126 cm³/mol. The van der Waals surface area contributed by atoms with Crippen molar-refractivity contribution < 1.29 is 14.3 Å². The number of hydrogen-bond donors (Lipinski definition) is 2. The molecular formula is C22H20Cl2N4O3S. The van der Waals surface area contributed by atoms with E-state index >= 15 is 0 Å². The summed E-state index contributed by atoms with van der Waals surface area (Å²) in [5, 5.41) is 11.1. The van der Waals surface area contributed by atoms with Gasteiger partial charge in [0.1, 0.15) is 18.1 Å². The number of carbonyl (C=O) groups excluding carboxylic acids is 2. The molecule has 0 saturated heterocycles. The highest BCUT2D eigenvalue weighted by molar-refractivity contribution is 7.98. The highest BCUT2D eigenvalue weighted by atomic mass is 35.5. The number of nitrogens with one attached hydrogen (secondary N) is 2. The summed E-state index contributed by atoms with van der Waals surface area (Å²) < 4.78 is 7.05. The van der Waals surface area contributed by atoms with Crippen molar-refractivity contribution >= 4 is 52.6 Å². The molecule has 0 radical (unpaired) electrons. The Morgan fingerprint density at radius 2 is 1.91 bits per heavy atom. The van der Waals surface area contributed by atoms with Crippen LogP contribution in [0.2, 0.25) is 10.0 Å². The molecule has 4 rings (SSSR count). The Morgan fingerprint density at radius 1 is 1.09 bits per heavy atom. The average molecular weight is 491 g/mol. The van der Waals surface area contributed by atoms with Gasteiger partial charge in [-0.15, -0.1) is 0 Å². The number of hydrogen-bond acceptors (Lipinski definition) is 5. The highest BCUT2D eigenvalue weighted by Crippen LogP contribution is 2.34. The van der Waals surface area contributed by atoms with Gasteiger partial charge in [0.15, 0.2) is 6.61 Å². The Hall–Kier alpha value is -2.68. The molecule has 3 aromatic rings. The maximum Gasteiger partial charge on any atom is 0.263 e. The second kappa shape index (κ2) is 10.3. The van der Waals surface area contributed by atoms with Gasteiger partial charge in [0.05, 0.1) is 10.7 Å². The third-order valence-corrected chi connectivity index (χ3v) is 6.26. The fraction of sp³-hybridized carbons (Fsp3) is 0.227. The number of thioether (sulfide) groups is 1. The first-order valence-electron chi connectivity index (χ1n) is 9.84. The summed E-state index contributed by atoms with van der Waals surface area (Å²) in [4.78, 5) is 25.0. The van der Waals surface area contributed by atoms with Crippen molar-refractivity contribution in [2.75, 3.05) is 11.9 Å². The van der Waals surface area contributed by atoms with Crippen LogP contribution in [0.1, 0.15) is 16.8 Å². The van der Waals surface area contributed by atoms with E-state index in [4.69, 9.17) is 27.9 Å². The molecule has 0 saturated carbocycles. The van der Waals surface area contributed by atoms with Crippen molar-refractivity contribution in [3.63, 3.8) is 0 Å². The Balaban J connectivity index is 1.39. The fourth-order valence-corrected chi connectivity index (χ4v) is 4.71. The second-order valence-electron chi connectivity index (χ2n) is 7.10. The van der Waals surface area contributed by atoms with Crippen LogP contribution in [0.25, 0.3) is 0 Å². The molecular weight excluding hydrogens is 471 g/mol. The van der Waals surface area contributed by atoms with Gasteiger partial charge in [-0.25, -0.2) is 4.68 Å². The molecule has 2 N–H and O–H groups in total. The van der Waals surface area contributed by atoms with Crippen LogP contribution in [0.3, 0.4) is 0 Å². The van der Waals surface area contributed by atoms with Gasteiger partial charge in [0, 0.05) is 28.6 Å². The van der Waals surface area contributed by atoms with Crippen LogP contribution in [0, 0.1) is 0 Å². The van der Waals surface area contributed by atoms with Crippen molar-refractivity contribution in [2.45, 2.75) is 24.6 Å². The van der Waals surface area contributed by atoms with Crippen molar-refractivity contribution in [3.05, 3.63) is 75.4 Å².